The first-order chi connectivity index (χ1) is 18.5. The van der Waals surface area contributed by atoms with Gasteiger partial charge in [0, 0.05) is 56.0 Å². The van der Waals surface area contributed by atoms with E-state index in [0.717, 1.165) is 35.8 Å². The highest BCUT2D eigenvalue weighted by atomic mass is 35.5. The molecule has 0 N–H and O–H groups in total. The Hall–Kier alpha value is -3.69. The summed E-state index contributed by atoms with van der Waals surface area (Å²) in [6, 6.07) is 18.3. The SMILES string of the molecule is COCCN(CC(=O)N1CCCN(c2ccc(-c3ccc(OC)cc3)nn2)CC1)C(=O)c1ccc(Cl)cc1. The van der Waals surface area contributed by atoms with Crippen LogP contribution >= 0.6 is 11.6 Å². The van der Waals surface area contributed by atoms with Gasteiger partial charge in [-0.1, -0.05) is 11.6 Å². The molecule has 3 aromatic rings. The maximum atomic E-state index is 13.2. The van der Waals surface area contributed by atoms with Crippen molar-refractivity contribution < 1.29 is 19.1 Å². The number of methoxy groups -OCH3 is 2. The van der Waals surface area contributed by atoms with Gasteiger partial charge in [0.1, 0.15) is 12.3 Å². The average molecular weight is 538 g/mol. The summed E-state index contributed by atoms with van der Waals surface area (Å²) in [7, 11) is 3.21. The summed E-state index contributed by atoms with van der Waals surface area (Å²) >= 11 is 5.96. The Morgan fingerprint density at radius 3 is 2.34 bits per heavy atom. The molecule has 2 aromatic carbocycles. The molecule has 9 nitrogen and oxygen atoms in total. The number of nitrogens with zero attached hydrogens (tertiary/aromatic N) is 5. The summed E-state index contributed by atoms with van der Waals surface area (Å²) < 4.78 is 10.4. The van der Waals surface area contributed by atoms with Crippen molar-refractivity contribution in [3.05, 3.63) is 71.2 Å². The van der Waals surface area contributed by atoms with E-state index in [9.17, 15) is 9.59 Å². The molecule has 1 fully saturated rings. The molecule has 2 amide bonds. The third kappa shape index (κ3) is 6.99. The van der Waals surface area contributed by atoms with Crippen LogP contribution in [-0.4, -0.2) is 91.9 Å². The van der Waals surface area contributed by atoms with E-state index in [1.165, 1.54) is 4.90 Å². The molecule has 0 saturated carbocycles. The Morgan fingerprint density at radius 1 is 0.921 bits per heavy atom. The van der Waals surface area contributed by atoms with Crippen molar-refractivity contribution in [1.29, 1.82) is 0 Å². The van der Waals surface area contributed by atoms with Gasteiger partial charge in [-0.3, -0.25) is 9.59 Å². The van der Waals surface area contributed by atoms with E-state index in [-0.39, 0.29) is 18.4 Å². The standard InChI is InChI=1S/C28H32ClN5O4/c1-37-19-18-34(28(36)22-4-8-23(29)9-5-22)20-27(35)33-15-3-14-32(16-17-33)26-13-12-25(30-31-26)21-6-10-24(38-2)11-7-21/h4-13H,3,14-20H2,1-2H3. The second-order valence-electron chi connectivity index (χ2n) is 8.95. The maximum absolute atomic E-state index is 13.2. The van der Waals surface area contributed by atoms with Crippen LogP contribution in [0, 0.1) is 0 Å². The van der Waals surface area contributed by atoms with Crippen LogP contribution in [0.4, 0.5) is 5.82 Å². The van der Waals surface area contributed by atoms with Crippen molar-refractivity contribution in [3.8, 4) is 17.0 Å². The van der Waals surface area contributed by atoms with E-state index in [0.29, 0.717) is 43.4 Å². The van der Waals surface area contributed by atoms with E-state index < -0.39 is 0 Å². The van der Waals surface area contributed by atoms with Crippen LogP contribution in [0.15, 0.2) is 60.7 Å². The fourth-order valence-electron chi connectivity index (χ4n) is 4.30. The molecular formula is C28H32ClN5O4. The molecule has 0 bridgehead atoms. The number of benzene rings is 2. The zero-order valence-electron chi connectivity index (χ0n) is 21.7. The fourth-order valence-corrected chi connectivity index (χ4v) is 4.42. The highest BCUT2D eigenvalue weighted by Gasteiger charge is 2.24. The molecule has 0 atom stereocenters. The first-order valence-electron chi connectivity index (χ1n) is 12.5. The van der Waals surface area contributed by atoms with Crippen molar-refractivity contribution >= 4 is 29.2 Å². The quantitative estimate of drug-likeness (QED) is 0.412. The minimum atomic E-state index is -0.226. The molecule has 1 aliphatic rings. The first-order valence-corrected chi connectivity index (χ1v) is 12.9. The van der Waals surface area contributed by atoms with Crippen LogP contribution in [0.3, 0.4) is 0 Å². The molecule has 0 radical (unpaired) electrons. The van der Waals surface area contributed by atoms with Gasteiger partial charge in [0.25, 0.3) is 5.91 Å². The number of hydrogen-bond acceptors (Lipinski definition) is 7. The topological polar surface area (TPSA) is 88.1 Å². The predicted molar refractivity (Wildman–Crippen MR) is 147 cm³/mol. The van der Waals surface area contributed by atoms with Gasteiger partial charge in [0.05, 0.1) is 19.4 Å². The lowest BCUT2D eigenvalue weighted by atomic mass is 10.1. The Labute approximate surface area is 227 Å². The van der Waals surface area contributed by atoms with Crippen molar-refractivity contribution in [2.45, 2.75) is 6.42 Å². The summed E-state index contributed by atoms with van der Waals surface area (Å²) in [4.78, 5) is 31.8. The molecule has 1 aliphatic heterocycles. The smallest absolute Gasteiger partial charge is 0.254 e. The van der Waals surface area contributed by atoms with Crippen molar-refractivity contribution in [3.63, 3.8) is 0 Å². The molecule has 0 unspecified atom stereocenters. The van der Waals surface area contributed by atoms with Crippen molar-refractivity contribution in [1.82, 2.24) is 20.0 Å². The molecule has 0 aliphatic carbocycles. The highest BCUT2D eigenvalue weighted by Crippen LogP contribution is 2.22. The molecule has 10 heteroatoms. The van der Waals surface area contributed by atoms with Gasteiger partial charge in [0.15, 0.2) is 5.82 Å². The van der Waals surface area contributed by atoms with E-state index in [1.807, 2.05) is 41.3 Å². The van der Waals surface area contributed by atoms with Gasteiger partial charge in [-0.25, -0.2) is 0 Å². The number of aromatic nitrogens is 2. The van der Waals surface area contributed by atoms with Crippen LogP contribution in [0.1, 0.15) is 16.8 Å². The van der Waals surface area contributed by atoms with Gasteiger partial charge in [-0.2, -0.15) is 0 Å². The lowest BCUT2D eigenvalue weighted by molar-refractivity contribution is -0.131. The summed E-state index contributed by atoms with van der Waals surface area (Å²) in [6.07, 6.45) is 0.789. The number of carbonyl (C=O) groups excluding carboxylic acids is 2. The Bertz CT molecular complexity index is 1210. The van der Waals surface area contributed by atoms with Crippen LogP contribution in [0.2, 0.25) is 5.02 Å². The first kappa shape index (κ1) is 27.3. The minimum Gasteiger partial charge on any atom is -0.497 e. The number of halogens is 1. The molecule has 1 aromatic heterocycles. The largest absolute Gasteiger partial charge is 0.497 e. The van der Waals surface area contributed by atoms with E-state index >= 15 is 0 Å². The summed E-state index contributed by atoms with van der Waals surface area (Å²) in [5.74, 6) is 1.25. The van der Waals surface area contributed by atoms with Gasteiger partial charge in [-0.15, -0.1) is 10.2 Å². The normalized spacial score (nSPS) is 13.7. The second-order valence-corrected chi connectivity index (χ2v) is 9.39. The lowest BCUT2D eigenvalue weighted by Gasteiger charge is -2.27. The molecule has 200 valence electrons. The zero-order valence-corrected chi connectivity index (χ0v) is 22.4. The zero-order chi connectivity index (χ0) is 26.9. The summed E-state index contributed by atoms with van der Waals surface area (Å²) in [5, 5.41) is 9.40. The number of carbonyl (C=O) groups is 2. The monoisotopic (exact) mass is 537 g/mol. The van der Waals surface area contributed by atoms with Gasteiger partial charge < -0.3 is 24.2 Å². The van der Waals surface area contributed by atoms with Gasteiger partial charge >= 0.3 is 0 Å². The fraction of sp³-hybridized carbons (Fsp3) is 0.357. The molecule has 0 spiro atoms. The third-order valence-corrected chi connectivity index (χ3v) is 6.73. The van der Waals surface area contributed by atoms with E-state index in [1.54, 1.807) is 38.5 Å². The molecule has 38 heavy (non-hydrogen) atoms. The highest BCUT2D eigenvalue weighted by molar-refractivity contribution is 6.30. The summed E-state index contributed by atoms with van der Waals surface area (Å²) in [5.41, 5.74) is 2.23. The van der Waals surface area contributed by atoms with E-state index in [4.69, 9.17) is 21.1 Å². The number of amides is 2. The molecule has 4 rings (SSSR count). The summed E-state index contributed by atoms with van der Waals surface area (Å²) in [6.45, 7) is 3.18. The van der Waals surface area contributed by atoms with Crippen LogP contribution in [0.5, 0.6) is 5.75 Å². The van der Waals surface area contributed by atoms with Crippen LogP contribution in [0.25, 0.3) is 11.3 Å². The Morgan fingerprint density at radius 2 is 1.68 bits per heavy atom. The Balaban J connectivity index is 1.36. The Kier molecular flexibility index (Phi) is 9.51. The third-order valence-electron chi connectivity index (χ3n) is 6.48. The molecular weight excluding hydrogens is 506 g/mol. The van der Waals surface area contributed by atoms with Crippen LogP contribution < -0.4 is 9.64 Å². The molecule has 2 heterocycles. The number of ether oxygens (including phenoxy) is 2. The second kappa shape index (κ2) is 13.2. The predicted octanol–water partition coefficient (Wildman–Crippen LogP) is 3.63. The van der Waals surface area contributed by atoms with Crippen molar-refractivity contribution in [2.24, 2.45) is 0 Å². The van der Waals surface area contributed by atoms with Crippen molar-refractivity contribution in [2.75, 3.05) is 65.0 Å². The average Bonchev–Trinajstić information content (AvgIpc) is 3.22. The van der Waals surface area contributed by atoms with Crippen LogP contribution in [-0.2, 0) is 9.53 Å². The lowest BCUT2D eigenvalue weighted by Crippen LogP contribution is -2.45. The maximum Gasteiger partial charge on any atom is 0.254 e. The van der Waals surface area contributed by atoms with E-state index in [2.05, 4.69) is 15.1 Å². The van der Waals surface area contributed by atoms with Gasteiger partial charge in [-0.05, 0) is 67.1 Å². The number of hydrogen-bond donors (Lipinski definition) is 0. The molecule has 1 saturated heterocycles. The minimum absolute atomic E-state index is 0.0127. The number of rotatable bonds is 9. The van der Waals surface area contributed by atoms with Gasteiger partial charge in [0.2, 0.25) is 5.91 Å². The number of anilines is 1.